The zero-order valence-corrected chi connectivity index (χ0v) is 16.5. The van der Waals surface area contributed by atoms with Gasteiger partial charge in [0.1, 0.15) is 6.04 Å². The first-order valence-corrected chi connectivity index (χ1v) is 9.47. The van der Waals surface area contributed by atoms with Crippen LogP contribution in [0.5, 0.6) is 11.5 Å². The summed E-state index contributed by atoms with van der Waals surface area (Å²) in [5.41, 5.74) is 8.01. The van der Waals surface area contributed by atoms with E-state index in [2.05, 4.69) is 10.5 Å². The van der Waals surface area contributed by atoms with Gasteiger partial charge in [0.15, 0.2) is 23.0 Å². The minimum Gasteiger partial charge on any atom is -0.493 e. The number of methoxy groups -OCH3 is 2. The fourth-order valence-electron chi connectivity index (χ4n) is 3.51. The molecule has 0 bridgehead atoms. The summed E-state index contributed by atoms with van der Waals surface area (Å²) >= 11 is 0. The lowest BCUT2D eigenvalue weighted by molar-refractivity contribution is -0.139. The van der Waals surface area contributed by atoms with Crippen molar-refractivity contribution in [2.24, 2.45) is 5.73 Å². The number of hydrogen-bond donors (Lipinski definition) is 3. The Balaban J connectivity index is 1.85. The summed E-state index contributed by atoms with van der Waals surface area (Å²) < 4.78 is 16.2. The maximum atomic E-state index is 12.7. The Morgan fingerprint density at radius 1 is 1.24 bits per heavy atom. The summed E-state index contributed by atoms with van der Waals surface area (Å²) in [6.07, 6.45) is 2.83. The average Bonchev–Trinajstić information content (AvgIpc) is 3.16. The molecule has 2 aromatic rings. The second-order valence-corrected chi connectivity index (χ2v) is 6.85. The molecule has 1 aromatic heterocycles. The number of benzene rings is 1. The lowest BCUT2D eigenvalue weighted by atomic mass is 9.89. The normalized spacial score (nSPS) is 13.2. The van der Waals surface area contributed by atoms with E-state index >= 15 is 0 Å². The Morgan fingerprint density at radius 3 is 2.62 bits per heavy atom. The number of carbonyl (C=O) groups excluding carboxylic acids is 1. The number of ether oxygens (including phenoxy) is 2. The Labute approximate surface area is 168 Å². The number of carboxylic acids is 1. The van der Waals surface area contributed by atoms with Gasteiger partial charge in [0.05, 0.1) is 14.2 Å². The van der Waals surface area contributed by atoms with Gasteiger partial charge in [0.25, 0.3) is 5.91 Å². The maximum Gasteiger partial charge on any atom is 0.326 e. The monoisotopic (exact) mass is 403 g/mol. The van der Waals surface area contributed by atoms with Gasteiger partial charge in [-0.3, -0.25) is 4.79 Å². The Morgan fingerprint density at radius 2 is 1.97 bits per heavy atom. The number of carbonyl (C=O) groups is 2. The molecule has 156 valence electrons. The summed E-state index contributed by atoms with van der Waals surface area (Å²) in [6, 6.07) is 2.69. The molecule has 0 saturated heterocycles. The first kappa shape index (κ1) is 20.7. The molecule has 0 spiro atoms. The summed E-state index contributed by atoms with van der Waals surface area (Å²) in [5, 5.41) is 15.9. The van der Waals surface area contributed by atoms with E-state index in [-0.39, 0.29) is 5.69 Å². The van der Waals surface area contributed by atoms with Crippen molar-refractivity contribution in [1.82, 2.24) is 10.5 Å². The van der Waals surface area contributed by atoms with Crippen molar-refractivity contribution in [2.75, 3.05) is 20.8 Å². The number of rotatable bonds is 9. The molecule has 4 N–H and O–H groups in total. The number of aryl methyl sites for hydroxylation is 1. The van der Waals surface area contributed by atoms with Crippen molar-refractivity contribution < 1.29 is 28.7 Å². The van der Waals surface area contributed by atoms with E-state index in [1.54, 1.807) is 20.3 Å². The van der Waals surface area contributed by atoms with Gasteiger partial charge < -0.3 is 30.2 Å². The smallest absolute Gasteiger partial charge is 0.326 e. The number of aromatic nitrogens is 1. The summed E-state index contributed by atoms with van der Waals surface area (Å²) in [6.45, 7) is 0.477. The van der Waals surface area contributed by atoms with Crippen molar-refractivity contribution in [2.45, 2.75) is 38.1 Å². The summed E-state index contributed by atoms with van der Waals surface area (Å²) in [5.74, 6) is 0.0163. The van der Waals surface area contributed by atoms with Gasteiger partial charge >= 0.3 is 5.97 Å². The second kappa shape index (κ2) is 8.95. The molecular weight excluding hydrogens is 378 g/mol. The highest BCUT2D eigenvalue weighted by atomic mass is 16.5. The van der Waals surface area contributed by atoms with Gasteiger partial charge in [-0.05, 0) is 56.3 Å². The number of nitrogens with zero attached hydrogens (tertiary/aromatic N) is 1. The molecule has 29 heavy (non-hydrogen) atoms. The van der Waals surface area contributed by atoms with Crippen LogP contribution in [0.4, 0.5) is 0 Å². The van der Waals surface area contributed by atoms with Crippen LogP contribution in [0.15, 0.2) is 16.7 Å². The molecule has 1 amide bonds. The average molecular weight is 403 g/mol. The number of nitrogens with two attached hydrogens (primary N) is 1. The standard InChI is InChI=1S/C20H25N3O6/c1-27-15-9-11-6-7-12-17(23-29-18(12)13(11)10-16(15)28-2)19(24)22-14(20(25)26)5-3-4-8-21/h9-10,14H,3-8,21H2,1-2H3,(H,22,24)(H,25,26)/t14-/m0/s1. The predicted molar refractivity (Wildman–Crippen MR) is 104 cm³/mol. The molecule has 1 heterocycles. The highest BCUT2D eigenvalue weighted by molar-refractivity contribution is 5.97. The lowest BCUT2D eigenvalue weighted by Crippen LogP contribution is -2.41. The fourth-order valence-corrected chi connectivity index (χ4v) is 3.51. The van der Waals surface area contributed by atoms with E-state index in [9.17, 15) is 14.7 Å². The van der Waals surface area contributed by atoms with Crippen LogP contribution in [-0.2, 0) is 17.6 Å². The van der Waals surface area contributed by atoms with E-state index in [0.717, 1.165) is 11.1 Å². The number of aliphatic carboxylic acids is 1. The largest absolute Gasteiger partial charge is 0.493 e. The molecule has 0 fully saturated rings. The van der Waals surface area contributed by atoms with Gasteiger partial charge in [-0.25, -0.2) is 4.79 Å². The zero-order valence-electron chi connectivity index (χ0n) is 16.5. The number of fused-ring (bicyclic) bond motifs is 3. The van der Waals surface area contributed by atoms with Gasteiger partial charge in [-0.15, -0.1) is 0 Å². The Hall–Kier alpha value is -3.07. The summed E-state index contributed by atoms with van der Waals surface area (Å²) in [4.78, 5) is 24.2. The van der Waals surface area contributed by atoms with Crippen LogP contribution in [0, 0.1) is 0 Å². The third-order valence-corrected chi connectivity index (χ3v) is 5.05. The molecule has 9 nitrogen and oxygen atoms in total. The quantitative estimate of drug-likeness (QED) is 0.539. The molecular formula is C20H25N3O6. The highest BCUT2D eigenvalue weighted by Crippen LogP contribution is 2.41. The van der Waals surface area contributed by atoms with Gasteiger partial charge in [-0.2, -0.15) is 0 Å². The number of amides is 1. The third kappa shape index (κ3) is 4.19. The van der Waals surface area contributed by atoms with Crippen molar-refractivity contribution >= 4 is 11.9 Å². The van der Waals surface area contributed by atoms with Crippen LogP contribution in [0.2, 0.25) is 0 Å². The molecule has 3 rings (SSSR count). The van der Waals surface area contributed by atoms with Gasteiger partial charge in [0.2, 0.25) is 0 Å². The van der Waals surface area contributed by atoms with E-state index in [1.165, 1.54) is 0 Å². The topological polar surface area (TPSA) is 137 Å². The maximum absolute atomic E-state index is 12.7. The first-order chi connectivity index (χ1) is 14.0. The Bertz CT molecular complexity index is 908. The minimum absolute atomic E-state index is 0.116. The highest BCUT2D eigenvalue weighted by Gasteiger charge is 2.30. The lowest BCUT2D eigenvalue weighted by Gasteiger charge is -2.18. The SMILES string of the molecule is COc1cc2c(cc1OC)-c1onc(C(=O)N[C@@H](CCCCN)C(=O)O)c1CC2. The second-order valence-electron chi connectivity index (χ2n) is 6.85. The fraction of sp³-hybridized carbons (Fsp3) is 0.450. The van der Waals surface area contributed by atoms with Gasteiger partial charge in [-0.1, -0.05) is 5.16 Å². The van der Waals surface area contributed by atoms with E-state index in [4.69, 9.17) is 19.7 Å². The van der Waals surface area contributed by atoms with E-state index in [0.29, 0.717) is 61.5 Å². The molecule has 0 unspecified atom stereocenters. The van der Waals surface area contributed by atoms with Crippen LogP contribution >= 0.6 is 0 Å². The molecule has 1 aromatic carbocycles. The van der Waals surface area contributed by atoms with Crippen LogP contribution in [0.3, 0.4) is 0 Å². The molecule has 0 radical (unpaired) electrons. The van der Waals surface area contributed by atoms with E-state index < -0.39 is 17.9 Å². The third-order valence-electron chi connectivity index (χ3n) is 5.05. The van der Waals surface area contributed by atoms with Crippen LogP contribution in [0.1, 0.15) is 40.9 Å². The number of carboxylic acid groups (broad SMARTS) is 1. The molecule has 0 saturated carbocycles. The molecule has 9 heteroatoms. The van der Waals surface area contributed by atoms with Crippen molar-refractivity contribution in [3.63, 3.8) is 0 Å². The predicted octanol–water partition coefficient (Wildman–Crippen LogP) is 1.77. The van der Waals surface area contributed by atoms with Crippen LogP contribution in [-0.4, -0.2) is 48.9 Å². The molecule has 0 aliphatic heterocycles. The minimum atomic E-state index is -1.09. The zero-order chi connectivity index (χ0) is 21.0. The van der Waals surface area contributed by atoms with Crippen molar-refractivity contribution in [1.29, 1.82) is 0 Å². The first-order valence-electron chi connectivity index (χ1n) is 9.47. The van der Waals surface area contributed by atoms with Crippen molar-refractivity contribution in [3.8, 4) is 22.8 Å². The number of unbranched alkanes of at least 4 members (excludes halogenated alkanes) is 1. The van der Waals surface area contributed by atoms with E-state index in [1.807, 2.05) is 6.07 Å². The number of nitrogens with one attached hydrogen (secondary N) is 1. The summed E-state index contributed by atoms with van der Waals surface area (Å²) in [7, 11) is 3.12. The van der Waals surface area contributed by atoms with Crippen LogP contribution in [0.25, 0.3) is 11.3 Å². The van der Waals surface area contributed by atoms with Gasteiger partial charge in [0, 0.05) is 11.1 Å². The van der Waals surface area contributed by atoms with Crippen molar-refractivity contribution in [3.05, 3.63) is 29.0 Å². The molecule has 1 aliphatic rings. The Kier molecular flexibility index (Phi) is 6.38. The molecule has 1 atom stereocenters. The van der Waals surface area contributed by atoms with Crippen LogP contribution < -0.4 is 20.5 Å². The number of hydrogen-bond acceptors (Lipinski definition) is 7. The molecule has 1 aliphatic carbocycles.